The molecular formula is C15H19N3OS. The lowest BCUT2D eigenvalue weighted by atomic mass is 10.1. The van der Waals surface area contributed by atoms with Crippen molar-refractivity contribution >= 4 is 28.6 Å². The van der Waals surface area contributed by atoms with E-state index in [1.54, 1.807) is 23.5 Å². The van der Waals surface area contributed by atoms with Gasteiger partial charge < -0.3 is 16.0 Å². The van der Waals surface area contributed by atoms with E-state index in [4.69, 9.17) is 5.73 Å². The van der Waals surface area contributed by atoms with E-state index in [-0.39, 0.29) is 5.91 Å². The van der Waals surface area contributed by atoms with Crippen LogP contribution in [0.4, 0.5) is 11.4 Å². The standard InChI is InChI=1S/C15H19N3OS/c1-10-8-20-9-11(10)7-17-15(19)13-6-12(16)4-5-14(13)18(2)3/h4-6,8-9H,7,16H2,1-3H3,(H,17,19). The third-order valence-corrected chi connectivity index (χ3v) is 4.06. The van der Waals surface area contributed by atoms with E-state index in [9.17, 15) is 4.79 Å². The molecule has 1 amide bonds. The van der Waals surface area contributed by atoms with Crippen LogP contribution in [0.5, 0.6) is 0 Å². The summed E-state index contributed by atoms with van der Waals surface area (Å²) in [5.74, 6) is -0.105. The summed E-state index contributed by atoms with van der Waals surface area (Å²) in [6, 6.07) is 5.38. The monoisotopic (exact) mass is 289 g/mol. The molecule has 0 fully saturated rings. The molecule has 106 valence electrons. The quantitative estimate of drug-likeness (QED) is 0.851. The van der Waals surface area contributed by atoms with Crippen molar-refractivity contribution < 1.29 is 4.79 Å². The molecule has 4 nitrogen and oxygen atoms in total. The lowest BCUT2D eigenvalue weighted by molar-refractivity contribution is 0.0951. The highest BCUT2D eigenvalue weighted by Gasteiger charge is 2.13. The van der Waals surface area contributed by atoms with Crippen LogP contribution in [0.3, 0.4) is 0 Å². The SMILES string of the molecule is Cc1cscc1CNC(=O)c1cc(N)ccc1N(C)C. The molecule has 0 bridgehead atoms. The second-order valence-electron chi connectivity index (χ2n) is 4.93. The summed E-state index contributed by atoms with van der Waals surface area (Å²) in [6.45, 7) is 2.58. The Bertz CT molecular complexity index is 619. The smallest absolute Gasteiger partial charge is 0.253 e. The van der Waals surface area contributed by atoms with Gasteiger partial charge in [-0.05, 0) is 47.0 Å². The van der Waals surface area contributed by atoms with Gasteiger partial charge in [0.15, 0.2) is 0 Å². The third kappa shape index (κ3) is 3.11. The summed E-state index contributed by atoms with van der Waals surface area (Å²) in [5.41, 5.74) is 10.2. The zero-order valence-electron chi connectivity index (χ0n) is 11.9. The van der Waals surface area contributed by atoms with Gasteiger partial charge in [-0.1, -0.05) is 0 Å². The van der Waals surface area contributed by atoms with Crippen LogP contribution in [0.2, 0.25) is 0 Å². The molecule has 0 atom stereocenters. The molecule has 1 aromatic heterocycles. The van der Waals surface area contributed by atoms with Crippen LogP contribution in [0.15, 0.2) is 29.0 Å². The number of hydrogen-bond donors (Lipinski definition) is 2. The Kier molecular flexibility index (Phi) is 4.29. The first kappa shape index (κ1) is 14.4. The average Bonchev–Trinajstić information content (AvgIpc) is 2.81. The van der Waals surface area contributed by atoms with E-state index >= 15 is 0 Å². The van der Waals surface area contributed by atoms with Crippen molar-refractivity contribution in [3.63, 3.8) is 0 Å². The van der Waals surface area contributed by atoms with Crippen molar-refractivity contribution in [3.8, 4) is 0 Å². The summed E-state index contributed by atoms with van der Waals surface area (Å²) in [7, 11) is 3.82. The molecule has 0 spiro atoms. The Hall–Kier alpha value is -2.01. The predicted octanol–water partition coefficient (Wildman–Crippen LogP) is 2.63. The number of amides is 1. The summed E-state index contributed by atoms with van der Waals surface area (Å²) < 4.78 is 0. The molecule has 0 aliphatic carbocycles. The van der Waals surface area contributed by atoms with E-state index in [0.29, 0.717) is 17.8 Å². The Morgan fingerprint density at radius 2 is 2.10 bits per heavy atom. The zero-order valence-corrected chi connectivity index (χ0v) is 12.8. The van der Waals surface area contributed by atoms with Crippen LogP contribution < -0.4 is 16.0 Å². The number of carbonyl (C=O) groups excluding carboxylic acids is 1. The highest BCUT2D eigenvalue weighted by molar-refractivity contribution is 7.08. The van der Waals surface area contributed by atoms with Gasteiger partial charge in [-0.25, -0.2) is 0 Å². The minimum absolute atomic E-state index is 0.105. The number of benzene rings is 1. The number of hydrogen-bond acceptors (Lipinski definition) is 4. The van der Waals surface area contributed by atoms with Crippen LogP contribution in [-0.4, -0.2) is 20.0 Å². The molecule has 0 saturated heterocycles. The van der Waals surface area contributed by atoms with Crippen molar-refractivity contribution in [1.29, 1.82) is 0 Å². The molecule has 0 aliphatic rings. The number of nitrogen functional groups attached to an aromatic ring is 1. The number of aryl methyl sites for hydroxylation is 1. The van der Waals surface area contributed by atoms with Crippen molar-refractivity contribution in [3.05, 3.63) is 45.6 Å². The maximum atomic E-state index is 12.3. The summed E-state index contributed by atoms with van der Waals surface area (Å²) in [6.07, 6.45) is 0. The minimum atomic E-state index is -0.105. The van der Waals surface area contributed by atoms with Gasteiger partial charge in [0.05, 0.1) is 5.56 Å². The molecule has 5 heteroatoms. The van der Waals surface area contributed by atoms with Gasteiger partial charge in [-0.2, -0.15) is 11.3 Å². The molecule has 2 aromatic rings. The maximum absolute atomic E-state index is 12.3. The van der Waals surface area contributed by atoms with Crippen molar-refractivity contribution in [2.75, 3.05) is 24.7 Å². The number of nitrogens with two attached hydrogens (primary N) is 1. The molecule has 0 unspecified atom stereocenters. The van der Waals surface area contributed by atoms with Gasteiger partial charge in [-0.3, -0.25) is 4.79 Å². The second kappa shape index (κ2) is 5.96. The highest BCUT2D eigenvalue weighted by Crippen LogP contribution is 2.21. The number of nitrogens with zero attached hydrogens (tertiary/aromatic N) is 1. The lowest BCUT2D eigenvalue weighted by Gasteiger charge is -2.17. The number of carbonyl (C=O) groups is 1. The number of thiophene rings is 1. The fourth-order valence-electron chi connectivity index (χ4n) is 1.96. The van der Waals surface area contributed by atoms with Crippen LogP contribution in [0.1, 0.15) is 21.5 Å². The van der Waals surface area contributed by atoms with Crippen molar-refractivity contribution in [1.82, 2.24) is 5.32 Å². The maximum Gasteiger partial charge on any atom is 0.253 e. The Morgan fingerprint density at radius 1 is 1.35 bits per heavy atom. The molecule has 1 heterocycles. The van der Waals surface area contributed by atoms with Gasteiger partial charge in [0.1, 0.15) is 0 Å². The van der Waals surface area contributed by atoms with E-state index in [1.165, 1.54) is 5.56 Å². The zero-order chi connectivity index (χ0) is 14.7. The molecule has 0 saturated carbocycles. The van der Waals surface area contributed by atoms with Gasteiger partial charge >= 0.3 is 0 Å². The third-order valence-electron chi connectivity index (χ3n) is 3.15. The van der Waals surface area contributed by atoms with E-state index in [0.717, 1.165) is 11.3 Å². The fraction of sp³-hybridized carbons (Fsp3) is 0.267. The summed E-state index contributed by atoms with van der Waals surface area (Å²) in [5, 5.41) is 7.08. The molecule has 0 aliphatic heterocycles. The van der Waals surface area contributed by atoms with Crippen LogP contribution in [0, 0.1) is 6.92 Å². The molecule has 20 heavy (non-hydrogen) atoms. The first-order valence-electron chi connectivity index (χ1n) is 6.35. The fourth-order valence-corrected chi connectivity index (χ4v) is 2.82. The number of rotatable bonds is 4. The number of nitrogens with one attached hydrogen (secondary N) is 1. The van der Waals surface area contributed by atoms with Gasteiger partial charge in [-0.15, -0.1) is 0 Å². The Balaban J connectivity index is 2.16. The van der Waals surface area contributed by atoms with Crippen LogP contribution in [0.25, 0.3) is 0 Å². The summed E-state index contributed by atoms with van der Waals surface area (Å²) in [4.78, 5) is 14.2. The van der Waals surface area contributed by atoms with Crippen LogP contribution >= 0.6 is 11.3 Å². The summed E-state index contributed by atoms with van der Waals surface area (Å²) >= 11 is 1.64. The first-order chi connectivity index (χ1) is 9.49. The minimum Gasteiger partial charge on any atom is -0.399 e. The lowest BCUT2D eigenvalue weighted by Crippen LogP contribution is -2.25. The van der Waals surface area contributed by atoms with E-state index in [2.05, 4.69) is 16.1 Å². The van der Waals surface area contributed by atoms with Crippen molar-refractivity contribution in [2.24, 2.45) is 0 Å². The topological polar surface area (TPSA) is 58.4 Å². The Morgan fingerprint density at radius 3 is 2.70 bits per heavy atom. The molecule has 1 aromatic carbocycles. The average molecular weight is 289 g/mol. The van der Waals surface area contributed by atoms with Gasteiger partial charge in [0.25, 0.3) is 5.91 Å². The predicted molar refractivity (Wildman–Crippen MR) is 85.4 cm³/mol. The number of anilines is 2. The largest absolute Gasteiger partial charge is 0.399 e. The normalized spacial score (nSPS) is 10.3. The first-order valence-corrected chi connectivity index (χ1v) is 7.30. The molecule has 2 rings (SSSR count). The molecule has 3 N–H and O–H groups in total. The van der Waals surface area contributed by atoms with E-state index < -0.39 is 0 Å². The second-order valence-corrected chi connectivity index (χ2v) is 5.68. The van der Waals surface area contributed by atoms with Gasteiger partial charge in [0, 0.05) is 32.0 Å². The molecule has 0 radical (unpaired) electrons. The van der Waals surface area contributed by atoms with E-state index in [1.807, 2.05) is 32.0 Å². The van der Waals surface area contributed by atoms with Gasteiger partial charge in [0.2, 0.25) is 0 Å². The van der Waals surface area contributed by atoms with Crippen LogP contribution in [-0.2, 0) is 6.54 Å². The Labute approximate surface area is 123 Å². The molecular weight excluding hydrogens is 270 g/mol. The highest BCUT2D eigenvalue weighted by atomic mass is 32.1. The van der Waals surface area contributed by atoms with Crippen molar-refractivity contribution in [2.45, 2.75) is 13.5 Å².